The molecule has 1 aliphatic heterocycles. The van der Waals surface area contributed by atoms with Gasteiger partial charge in [0.05, 0.1) is 23.6 Å². The van der Waals surface area contributed by atoms with E-state index in [1.54, 1.807) is 0 Å². The number of amides is 1. The number of nitrogens with zero attached hydrogens (tertiary/aromatic N) is 3. The van der Waals surface area contributed by atoms with Crippen molar-refractivity contribution in [3.05, 3.63) is 47.3 Å². The van der Waals surface area contributed by atoms with Crippen LogP contribution in [0.5, 0.6) is 0 Å². The fraction of sp³-hybridized carbons (Fsp3) is 0.581. The minimum absolute atomic E-state index is 0.0418. The average molecular weight is 548 g/mol. The van der Waals surface area contributed by atoms with Crippen molar-refractivity contribution >= 4 is 23.1 Å². The molecule has 2 N–H and O–H groups in total. The average Bonchev–Trinajstić information content (AvgIpc) is 3.38. The maximum absolute atomic E-state index is 13.1. The molecule has 2 aromatic heterocycles. The lowest BCUT2D eigenvalue weighted by molar-refractivity contribution is -0.205. The summed E-state index contributed by atoms with van der Waals surface area (Å²) in [4.78, 5) is 38.0. The van der Waals surface area contributed by atoms with Crippen LogP contribution in [0.25, 0.3) is 5.57 Å². The quantitative estimate of drug-likeness (QED) is 0.293. The monoisotopic (exact) mass is 547 g/mol. The summed E-state index contributed by atoms with van der Waals surface area (Å²) in [5.41, 5.74) is 1.97. The Morgan fingerprint density at radius 1 is 1.20 bits per heavy atom. The number of unbranched alkanes of at least 4 members (excludes halogenated alkanes) is 1. The Balaban J connectivity index is 1.67. The Hall–Kier alpha value is -3.51. The molecule has 9 heteroatoms. The van der Waals surface area contributed by atoms with E-state index in [-0.39, 0.29) is 28.8 Å². The number of ether oxygens (including phenoxy) is 2. The second-order valence-corrected chi connectivity index (χ2v) is 12.6. The van der Waals surface area contributed by atoms with E-state index >= 15 is 0 Å². The predicted octanol–water partition coefficient (Wildman–Crippen LogP) is 6.30. The molecule has 0 spiro atoms. The largest absolute Gasteiger partial charge is 0.464 e. The summed E-state index contributed by atoms with van der Waals surface area (Å²) in [6.45, 7) is 12.7. The number of nitriles is 1. The van der Waals surface area contributed by atoms with Gasteiger partial charge in [-0.15, -0.1) is 0 Å². The first-order chi connectivity index (χ1) is 18.8. The number of H-pyrrole nitrogens is 1. The van der Waals surface area contributed by atoms with Crippen LogP contribution in [0.2, 0.25) is 0 Å². The zero-order valence-corrected chi connectivity index (χ0v) is 24.5. The van der Waals surface area contributed by atoms with Gasteiger partial charge in [-0.1, -0.05) is 33.3 Å². The number of carbonyl (C=O) groups excluding carboxylic acids is 2. The van der Waals surface area contributed by atoms with Gasteiger partial charge < -0.3 is 19.8 Å². The fourth-order valence-corrected chi connectivity index (χ4v) is 5.64. The van der Waals surface area contributed by atoms with E-state index in [2.05, 4.69) is 42.1 Å². The molecule has 2 aromatic rings. The predicted molar refractivity (Wildman–Crippen MR) is 153 cm³/mol. The number of pyridine rings is 1. The lowest BCUT2D eigenvalue weighted by Gasteiger charge is -2.45. The summed E-state index contributed by atoms with van der Waals surface area (Å²) in [6, 6.07) is 5.73. The van der Waals surface area contributed by atoms with Gasteiger partial charge in [0.25, 0.3) is 5.91 Å². The number of carbonyl (C=O) groups is 2. The van der Waals surface area contributed by atoms with Gasteiger partial charge >= 0.3 is 5.97 Å². The van der Waals surface area contributed by atoms with Crippen molar-refractivity contribution in [1.29, 1.82) is 5.26 Å². The first-order valence-corrected chi connectivity index (χ1v) is 14.2. The molecule has 2 atom stereocenters. The van der Waals surface area contributed by atoms with Gasteiger partial charge in [-0.05, 0) is 82.4 Å². The number of hydrogen-bond acceptors (Lipinski definition) is 7. The van der Waals surface area contributed by atoms with Crippen molar-refractivity contribution < 1.29 is 19.1 Å². The van der Waals surface area contributed by atoms with Crippen LogP contribution in [0.1, 0.15) is 120 Å². The maximum atomic E-state index is 13.1. The Morgan fingerprint density at radius 2 is 1.98 bits per heavy atom. The Labute approximate surface area is 236 Å². The lowest BCUT2D eigenvalue weighted by Crippen LogP contribution is -2.52. The molecule has 0 aromatic carbocycles. The second kappa shape index (κ2) is 11.5. The summed E-state index contributed by atoms with van der Waals surface area (Å²) < 4.78 is 11.9. The molecular weight excluding hydrogens is 506 g/mol. The molecule has 0 bridgehead atoms. The number of anilines is 1. The molecule has 40 heavy (non-hydrogen) atoms. The Morgan fingerprint density at radius 3 is 2.62 bits per heavy atom. The molecule has 0 saturated carbocycles. The highest BCUT2D eigenvalue weighted by Crippen LogP contribution is 2.45. The molecule has 1 amide bonds. The fourth-order valence-electron chi connectivity index (χ4n) is 5.64. The minimum atomic E-state index is -1.08. The standard InChI is InChI=1S/C31H41N5O4/c1-7-8-15-39-28(38)31(6)17-21(16-30(4,5)40-31)23-9-10-24(36-27(37)26-33-19-22(18-32)34-26)25(35-23)20-11-13-29(2,3)14-12-20/h9-11,19,21H,7-8,12-17H2,1-6H3,(H,33,34)(H,36,37). The Bertz CT molecular complexity index is 1340. The van der Waals surface area contributed by atoms with Crippen molar-refractivity contribution in [1.82, 2.24) is 15.0 Å². The summed E-state index contributed by atoms with van der Waals surface area (Å²) >= 11 is 0. The number of nitrogens with one attached hydrogen (secondary N) is 2. The van der Waals surface area contributed by atoms with E-state index in [1.165, 1.54) is 6.20 Å². The van der Waals surface area contributed by atoms with Crippen LogP contribution in [0.15, 0.2) is 24.4 Å². The van der Waals surface area contributed by atoms with Crippen LogP contribution in [0.3, 0.4) is 0 Å². The molecule has 0 radical (unpaired) electrons. The van der Waals surface area contributed by atoms with E-state index in [1.807, 2.05) is 39.0 Å². The van der Waals surface area contributed by atoms with Crippen LogP contribution >= 0.6 is 0 Å². The Kier molecular flexibility index (Phi) is 8.50. The highest BCUT2D eigenvalue weighted by Gasteiger charge is 2.48. The minimum Gasteiger partial charge on any atom is -0.464 e. The molecule has 3 heterocycles. The van der Waals surface area contributed by atoms with Crippen molar-refractivity contribution in [2.45, 2.75) is 104 Å². The summed E-state index contributed by atoms with van der Waals surface area (Å²) in [5.74, 6) is -0.757. The van der Waals surface area contributed by atoms with Crippen LogP contribution in [-0.2, 0) is 14.3 Å². The molecule has 4 rings (SSSR count). The second-order valence-electron chi connectivity index (χ2n) is 12.6. The zero-order valence-electron chi connectivity index (χ0n) is 24.5. The van der Waals surface area contributed by atoms with Crippen LogP contribution in [-0.4, -0.2) is 44.6 Å². The number of rotatable bonds is 8. The smallest absolute Gasteiger partial charge is 0.338 e. The number of imidazole rings is 1. The van der Waals surface area contributed by atoms with E-state index in [4.69, 9.17) is 19.7 Å². The highest BCUT2D eigenvalue weighted by atomic mass is 16.6. The topological polar surface area (TPSA) is 130 Å². The number of aromatic nitrogens is 3. The van der Waals surface area contributed by atoms with Gasteiger partial charge in [0.1, 0.15) is 6.07 Å². The zero-order chi connectivity index (χ0) is 29.1. The van der Waals surface area contributed by atoms with E-state index in [0.717, 1.165) is 49.1 Å². The SMILES string of the molecule is CCCCOC(=O)C1(C)CC(c2ccc(NC(=O)c3nc(C#N)c[nH]3)c(C3=CCC(C)(C)CC3)n2)CC(C)(C)O1. The molecule has 2 aliphatic rings. The summed E-state index contributed by atoms with van der Waals surface area (Å²) in [5, 5.41) is 12.0. The highest BCUT2D eigenvalue weighted by molar-refractivity contribution is 6.03. The third-order valence-corrected chi connectivity index (χ3v) is 7.81. The van der Waals surface area contributed by atoms with Gasteiger partial charge in [0, 0.05) is 17.8 Å². The lowest BCUT2D eigenvalue weighted by atomic mass is 9.77. The van der Waals surface area contributed by atoms with Crippen molar-refractivity contribution in [2.24, 2.45) is 5.41 Å². The molecule has 1 fully saturated rings. The van der Waals surface area contributed by atoms with Gasteiger partial charge in [0.2, 0.25) is 0 Å². The molecule has 2 unspecified atom stereocenters. The summed E-state index contributed by atoms with van der Waals surface area (Å²) in [6.07, 6.45) is 9.29. The number of hydrogen-bond donors (Lipinski definition) is 2. The van der Waals surface area contributed by atoms with E-state index in [0.29, 0.717) is 25.1 Å². The van der Waals surface area contributed by atoms with E-state index < -0.39 is 17.1 Å². The van der Waals surface area contributed by atoms with Crippen LogP contribution < -0.4 is 5.32 Å². The number of esters is 1. The third kappa shape index (κ3) is 6.79. The molecule has 9 nitrogen and oxygen atoms in total. The van der Waals surface area contributed by atoms with Crippen molar-refractivity contribution in [3.63, 3.8) is 0 Å². The summed E-state index contributed by atoms with van der Waals surface area (Å²) in [7, 11) is 0. The molecule has 1 saturated heterocycles. The molecular formula is C31H41N5O4. The maximum Gasteiger partial charge on any atom is 0.338 e. The number of aromatic amines is 1. The van der Waals surface area contributed by atoms with Gasteiger partial charge in [-0.3, -0.25) is 9.78 Å². The van der Waals surface area contributed by atoms with Crippen LogP contribution in [0.4, 0.5) is 5.69 Å². The van der Waals surface area contributed by atoms with Gasteiger partial charge in [0.15, 0.2) is 17.1 Å². The molecule has 1 aliphatic carbocycles. The first kappa shape index (κ1) is 29.5. The van der Waals surface area contributed by atoms with Crippen LogP contribution in [0, 0.1) is 16.7 Å². The van der Waals surface area contributed by atoms with Gasteiger partial charge in [-0.25, -0.2) is 9.78 Å². The number of allylic oxidation sites excluding steroid dienone is 2. The normalized spacial score (nSPS) is 23.5. The van der Waals surface area contributed by atoms with E-state index in [9.17, 15) is 9.59 Å². The van der Waals surface area contributed by atoms with Crippen molar-refractivity contribution in [2.75, 3.05) is 11.9 Å². The first-order valence-electron chi connectivity index (χ1n) is 14.2. The van der Waals surface area contributed by atoms with Crippen molar-refractivity contribution in [3.8, 4) is 6.07 Å². The third-order valence-electron chi connectivity index (χ3n) is 7.81. The van der Waals surface area contributed by atoms with Gasteiger partial charge in [-0.2, -0.15) is 5.26 Å². The molecule has 214 valence electrons.